The van der Waals surface area contributed by atoms with Crippen LogP contribution in [0.15, 0.2) is 30.9 Å². The van der Waals surface area contributed by atoms with Crippen LogP contribution in [0.25, 0.3) is 5.82 Å². The first kappa shape index (κ1) is 16.0. The van der Waals surface area contributed by atoms with E-state index in [1.165, 1.54) is 0 Å². The third kappa shape index (κ3) is 4.93. The number of hydrogen-bond donors (Lipinski definition) is 1. The summed E-state index contributed by atoms with van der Waals surface area (Å²) < 4.78 is 1.82. The smallest absolute Gasteiger partial charge is 0.300 e. The molecule has 0 bridgehead atoms. The van der Waals surface area contributed by atoms with Gasteiger partial charge in [-0.3, -0.25) is 14.2 Å². The van der Waals surface area contributed by atoms with E-state index in [-0.39, 0.29) is 5.78 Å². The summed E-state index contributed by atoms with van der Waals surface area (Å²) >= 11 is 3.13. The van der Waals surface area contributed by atoms with Gasteiger partial charge in [-0.05, 0) is 19.1 Å². The molecule has 7 heteroatoms. The lowest BCUT2D eigenvalue weighted by Crippen LogP contribution is -2.02. The Morgan fingerprint density at radius 1 is 1.35 bits per heavy atom. The minimum absolute atomic E-state index is 0.0286. The molecular formula is C13H14BrN3O3. The molecule has 2 aromatic rings. The Morgan fingerprint density at radius 2 is 2.00 bits per heavy atom. The van der Waals surface area contributed by atoms with Crippen molar-refractivity contribution >= 4 is 27.7 Å². The molecule has 1 N–H and O–H groups in total. The number of carboxylic acids is 1. The molecule has 2 heterocycles. The van der Waals surface area contributed by atoms with Gasteiger partial charge in [-0.15, -0.1) is 0 Å². The van der Waals surface area contributed by atoms with E-state index in [2.05, 4.69) is 25.9 Å². The number of carboxylic acid groups (broad SMARTS) is 1. The van der Waals surface area contributed by atoms with Crippen LogP contribution in [0.5, 0.6) is 0 Å². The van der Waals surface area contributed by atoms with E-state index in [0.717, 1.165) is 18.4 Å². The fraction of sp³-hybridized carbons (Fsp3) is 0.231. The molecule has 0 saturated carbocycles. The quantitative estimate of drug-likeness (QED) is 0.684. The number of halogens is 1. The number of aryl methyl sites for hydroxylation is 1. The summed E-state index contributed by atoms with van der Waals surface area (Å²) in [6, 6.07) is 3.57. The highest BCUT2D eigenvalue weighted by molar-refractivity contribution is 9.09. The van der Waals surface area contributed by atoms with Crippen molar-refractivity contribution in [1.82, 2.24) is 14.5 Å². The van der Waals surface area contributed by atoms with Gasteiger partial charge in [0.05, 0.1) is 11.0 Å². The average molecular weight is 340 g/mol. The van der Waals surface area contributed by atoms with Gasteiger partial charge in [0.2, 0.25) is 0 Å². The lowest BCUT2D eigenvalue weighted by molar-refractivity contribution is -0.134. The maximum absolute atomic E-state index is 11.4. The lowest BCUT2D eigenvalue weighted by atomic mass is 10.2. The molecule has 0 aliphatic carbocycles. The van der Waals surface area contributed by atoms with Gasteiger partial charge in [0.1, 0.15) is 12.1 Å². The van der Waals surface area contributed by atoms with Crippen LogP contribution in [0.3, 0.4) is 0 Å². The summed E-state index contributed by atoms with van der Waals surface area (Å²) in [4.78, 5) is 28.7. The summed E-state index contributed by atoms with van der Waals surface area (Å²) in [7, 11) is 0. The molecule has 0 unspecified atom stereocenters. The number of alkyl halides is 1. The molecule has 0 spiro atoms. The molecule has 20 heavy (non-hydrogen) atoms. The second kappa shape index (κ2) is 7.54. The first-order valence-electron chi connectivity index (χ1n) is 5.69. The fourth-order valence-corrected chi connectivity index (χ4v) is 1.65. The monoisotopic (exact) mass is 339 g/mol. The number of imidazole rings is 1. The van der Waals surface area contributed by atoms with Crippen molar-refractivity contribution in [2.24, 2.45) is 0 Å². The normalized spacial score (nSPS) is 9.55. The van der Waals surface area contributed by atoms with Crippen molar-refractivity contribution < 1.29 is 14.7 Å². The largest absolute Gasteiger partial charge is 0.481 e. The number of pyridine rings is 1. The summed E-state index contributed by atoms with van der Waals surface area (Å²) in [5, 5.41) is 7.73. The molecule has 0 saturated heterocycles. The summed E-state index contributed by atoms with van der Waals surface area (Å²) in [5.74, 6) is -0.0485. The third-order valence-electron chi connectivity index (χ3n) is 2.17. The van der Waals surface area contributed by atoms with Crippen LogP contribution < -0.4 is 0 Å². The van der Waals surface area contributed by atoms with E-state index in [4.69, 9.17) is 9.90 Å². The van der Waals surface area contributed by atoms with E-state index in [1.807, 2.05) is 17.7 Å². The van der Waals surface area contributed by atoms with Gasteiger partial charge in [0, 0.05) is 24.9 Å². The Bertz CT molecular complexity index is 589. The zero-order valence-electron chi connectivity index (χ0n) is 11.1. The van der Waals surface area contributed by atoms with Gasteiger partial charge in [-0.1, -0.05) is 15.9 Å². The van der Waals surface area contributed by atoms with Crippen molar-refractivity contribution in [1.29, 1.82) is 0 Å². The van der Waals surface area contributed by atoms with Crippen molar-refractivity contribution in [3.63, 3.8) is 0 Å². The zero-order chi connectivity index (χ0) is 15.1. The number of aliphatic carboxylic acids is 1. The molecule has 0 atom stereocenters. The zero-order valence-corrected chi connectivity index (χ0v) is 12.7. The number of Topliss-reactive ketones (excluding diaryl/α,β-unsaturated/α-hetero) is 1. The Hall–Kier alpha value is -2.02. The predicted molar refractivity (Wildman–Crippen MR) is 77.5 cm³/mol. The number of ketones is 1. The highest BCUT2D eigenvalue weighted by Crippen LogP contribution is 2.08. The Morgan fingerprint density at radius 3 is 2.40 bits per heavy atom. The molecule has 0 amide bonds. The molecule has 0 aliphatic rings. The standard InChI is InChI=1S/C11H10BrN3O.C2H4O2/c1-8-6-15(7-14-8)11-3-2-9(5-13-11)10(16)4-12;1-2(3)4/h2-3,5-7H,4H2,1H3;1H3,(H,3,4). The minimum Gasteiger partial charge on any atom is -0.481 e. The van der Waals surface area contributed by atoms with Crippen LogP contribution in [0, 0.1) is 6.92 Å². The van der Waals surface area contributed by atoms with Crippen molar-refractivity contribution in [3.05, 3.63) is 42.1 Å². The van der Waals surface area contributed by atoms with Crippen LogP contribution in [-0.4, -0.2) is 36.7 Å². The van der Waals surface area contributed by atoms with Crippen molar-refractivity contribution in [2.45, 2.75) is 13.8 Å². The van der Waals surface area contributed by atoms with E-state index in [9.17, 15) is 4.79 Å². The molecule has 0 radical (unpaired) electrons. The van der Waals surface area contributed by atoms with Gasteiger partial charge in [0.25, 0.3) is 5.97 Å². The lowest BCUT2D eigenvalue weighted by Gasteiger charge is -2.01. The number of carbonyl (C=O) groups is 2. The van der Waals surface area contributed by atoms with E-state index in [1.54, 1.807) is 24.7 Å². The maximum atomic E-state index is 11.4. The molecule has 0 aliphatic heterocycles. The highest BCUT2D eigenvalue weighted by Gasteiger charge is 2.05. The van der Waals surface area contributed by atoms with E-state index in [0.29, 0.717) is 10.9 Å². The van der Waals surface area contributed by atoms with Crippen LogP contribution in [0.2, 0.25) is 0 Å². The van der Waals surface area contributed by atoms with E-state index >= 15 is 0 Å². The Labute approximate surface area is 124 Å². The predicted octanol–water partition coefficient (Wildman–Crippen LogP) is 2.24. The SMILES string of the molecule is CC(=O)O.Cc1cn(-c2ccc(C(=O)CBr)cn2)cn1. The van der Waals surface area contributed by atoms with Gasteiger partial charge < -0.3 is 5.11 Å². The second-order valence-corrected chi connectivity index (χ2v) is 4.46. The van der Waals surface area contributed by atoms with Crippen molar-refractivity contribution in [3.8, 4) is 5.82 Å². The Kier molecular flexibility index (Phi) is 6.05. The number of aromatic nitrogens is 3. The molecule has 2 aromatic heterocycles. The van der Waals surface area contributed by atoms with Crippen LogP contribution in [0.4, 0.5) is 0 Å². The number of rotatable bonds is 3. The number of nitrogens with zero attached hydrogens (tertiary/aromatic N) is 3. The first-order valence-corrected chi connectivity index (χ1v) is 6.82. The number of hydrogen-bond acceptors (Lipinski definition) is 4. The summed E-state index contributed by atoms with van der Waals surface area (Å²) in [5.41, 5.74) is 1.54. The molecule has 0 fully saturated rings. The molecular weight excluding hydrogens is 326 g/mol. The van der Waals surface area contributed by atoms with Crippen LogP contribution in [0.1, 0.15) is 23.0 Å². The van der Waals surface area contributed by atoms with Crippen LogP contribution >= 0.6 is 15.9 Å². The molecule has 2 rings (SSSR count). The molecule has 0 aromatic carbocycles. The first-order chi connectivity index (χ1) is 9.43. The molecule has 6 nitrogen and oxygen atoms in total. The van der Waals surface area contributed by atoms with Crippen molar-refractivity contribution in [2.75, 3.05) is 5.33 Å². The molecule has 106 valence electrons. The van der Waals surface area contributed by atoms with Gasteiger partial charge in [-0.2, -0.15) is 0 Å². The van der Waals surface area contributed by atoms with Gasteiger partial charge in [-0.25, -0.2) is 9.97 Å². The van der Waals surface area contributed by atoms with Gasteiger partial charge >= 0.3 is 0 Å². The number of carbonyl (C=O) groups excluding carboxylic acids is 1. The average Bonchev–Trinajstić information content (AvgIpc) is 2.84. The second-order valence-electron chi connectivity index (χ2n) is 3.90. The maximum Gasteiger partial charge on any atom is 0.300 e. The van der Waals surface area contributed by atoms with E-state index < -0.39 is 5.97 Å². The summed E-state index contributed by atoms with van der Waals surface area (Å²) in [6.45, 7) is 3.00. The fourth-order valence-electron chi connectivity index (χ4n) is 1.33. The third-order valence-corrected chi connectivity index (χ3v) is 2.68. The summed E-state index contributed by atoms with van der Waals surface area (Å²) in [6.07, 6.45) is 5.16. The highest BCUT2D eigenvalue weighted by atomic mass is 79.9. The Balaban J connectivity index is 0.000000444. The van der Waals surface area contributed by atoms with Crippen LogP contribution in [-0.2, 0) is 4.79 Å². The topological polar surface area (TPSA) is 85.1 Å². The van der Waals surface area contributed by atoms with Gasteiger partial charge in [0.15, 0.2) is 5.78 Å². The minimum atomic E-state index is -0.833.